The Bertz CT molecular complexity index is 627. The Labute approximate surface area is 117 Å². The highest BCUT2D eigenvalue weighted by Crippen LogP contribution is 2.28. The zero-order chi connectivity index (χ0) is 14.1. The Balaban J connectivity index is 1.85. The first-order valence-electron chi connectivity index (χ1n) is 6.99. The van der Waals surface area contributed by atoms with Crippen molar-refractivity contribution in [2.45, 2.75) is 31.8 Å². The van der Waals surface area contributed by atoms with Gasteiger partial charge in [0.05, 0.1) is 17.3 Å². The van der Waals surface area contributed by atoms with Crippen molar-refractivity contribution < 1.29 is 9.53 Å². The lowest BCUT2D eigenvalue weighted by molar-refractivity contribution is 0.0484. The number of fused-ring (bicyclic) bond motifs is 1. The van der Waals surface area contributed by atoms with Crippen LogP contribution in [0.25, 0.3) is 11.0 Å². The topological polar surface area (TPSA) is 70.1 Å². The van der Waals surface area contributed by atoms with Crippen molar-refractivity contribution in [3.8, 4) is 0 Å². The maximum Gasteiger partial charge on any atom is 0.235 e. The van der Waals surface area contributed by atoms with Crippen LogP contribution in [-0.4, -0.2) is 28.7 Å². The summed E-state index contributed by atoms with van der Waals surface area (Å²) in [6, 6.07) is 5.54. The highest BCUT2D eigenvalue weighted by Gasteiger charge is 2.28. The molecule has 0 spiro atoms. The fourth-order valence-electron chi connectivity index (χ4n) is 2.98. The molecule has 0 radical (unpaired) electrons. The third-order valence-electron chi connectivity index (χ3n) is 4.20. The standard InChI is InChI=1S/C15H19N3O2/c1-20-11-7-5-10(6-8-11)15(19)18-9-17-14-12(16)3-2-4-13(14)18/h2-4,9-11H,5-8,16H2,1H3. The molecule has 1 saturated carbocycles. The van der Waals surface area contributed by atoms with Gasteiger partial charge in [-0.05, 0) is 37.8 Å². The number of carbonyl (C=O) groups excluding carboxylic acids is 1. The van der Waals surface area contributed by atoms with Gasteiger partial charge in [-0.2, -0.15) is 0 Å². The number of methoxy groups -OCH3 is 1. The van der Waals surface area contributed by atoms with Crippen molar-refractivity contribution >= 4 is 22.6 Å². The second-order valence-corrected chi connectivity index (χ2v) is 5.38. The number of imidazole rings is 1. The smallest absolute Gasteiger partial charge is 0.235 e. The van der Waals surface area contributed by atoms with Crippen LogP contribution < -0.4 is 5.73 Å². The number of benzene rings is 1. The Morgan fingerprint density at radius 1 is 1.35 bits per heavy atom. The molecule has 1 aliphatic carbocycles. The summed E-state index contributed by atoms with van der Waals surface area (Å²) < 4.78 is 6.99. The van der Waals surface area contributed by atoms with E-state index in [4.69, 9.17) is 10.5 Å². The van der Waals surface area contributed by atoms with Gasteiger partial charge in [-0.1, -0.05) is 6.07 Å². The van der Waals surface area contributed by atoms with Gasteiger partial charge in [-0.3, -0.25) is 9.36 Å². The molecule has 2 N–H and O–H groups in total. The number of rotatable bonds is 2. The van der Waals surface area contributed by atoms with Crippen LogP contribution in [0, 0.1) is 5.92 Å². The molecule has 1 heterocycles. The predicted octanol–water partition coefficient (Wildman–Crippen LogP) is 2.46. The van der Waals surface area contributed by atoms with Gasteiger partial charge in [0.1, 0.15) is 11.8 Å². The lowest BCUT2D eigenvalue weighted by atomic mass is 9.86. The second-order valence-electron chi connectivity index (χ2n) is 5.38. The number of para-hydroxylation sites is 1. The molecule has 2 aromatic rings. The molecule has 1 aliphatic rings. The van der Waals surface area contributed by atoms with Crippen molar-refractivity contribution in [1.82, 2.24) is 9.55 Å². The number of aromatic nitrogens is 2. The van der Waals surface area contributed by atoms with Gasteiger partial charge in [0, 0.05) is 13.0 Å². The van der Waals surface area contributed by atoms with Crippen molar-refractivity contribution in [2.24, 2.45) is 5.92 Å². The van der Waals surface area contributed by atoms with Gasteiger partial charge in [0.2, 0.25) is 5.91 Å². The van der Waals surface area contributed by atoms with Crippen molar-refractivity contribution in [3.63, 3.8) is 0 Å². The van der Waals surface area contributed by atoms with E-state index in [9.17, 15) is 4.79 Å². The largest absolute Gasteiger partial charge is 0.397 e. The van der Waals surface area contributed by atoms with Gasteiger partial charge in [0.15, 0.2) is 0 Å². The van der Waals surface area contributed by atoms with E-state index < -0.39 is 0 Å². The molecular formula is C15H19N3O2. The normalized spacial score (nSPS) is 23.1. The van der Waals surface area contributed by atoms with Gasteiger partial charge < -0.3 is 10.5 Å². The van der Waals surface area contributed by atoms with Crippen LogP contribution in [0.1, 0.15) is 30.5 Å². The summed E-state index contributed by atoms with van der Waals surface area (Å²) in [6.45, 7) is 0. The maximum absolute atomic E-state index is 12.6. The molecule has 5 nitrogen and oxygen atoms in total. The van der Waals surface area contributed by atoms with E-state index >= 15 is 0 Å². The number of hydrogen-bond acceptors (Lipinski definition) is 4. The van der Waals surface area contributed by atoms with Crippen LogP contribution in [0.3, 0.4) is 0 Å². The van der Waals surface area contributed by atoms with E-state index in [0.29, 0.717) is 17.3 Å². The summed E-state index contributed by atoms with van der Waals surface area (Å²) in [4.78, 5) is 16.9. The molecule has 0 aliphatic heterocycles. The van der Waals surface area contributed by atoms with Gasteiger partial charge in [-0.15, -0.1) is 0 Å². The molecule has 0 atom stereocenters. The molecule has 3 rings (SSSR count). The molecule has 106 valence electrons. The van der Waals surface area contributed by atoms with E-state index in [1.54, 1.807) is 24.1 Å². The number of nitrogens with two attached hydrogens (primary N) is 1. The lowest BCUT2D eigenvalue weighted by Crippen LogP contribution is -2.28. The number of nitrogen functional groups attached to an aromatic ring is 1. The van der Waals surface area contributed by atoms with E-state index in [-0.39, 0.29) is 11.8 Å². The molecular weight excluding hydrogens is 254 g/mol. The molecule has 20 heavy (non-hydrogen) atoms. The highest BCUT2D eigenvalue weighted by atomic mass is 16.5. The molecule has 1 aromatic heterocycles. The van der Waals surface area contributed by atoms with Crippen LogP contribution in [0.4, 0.5) is 5.69 Å². The molecule has 1 fully saturated rings. The molecule has 1 aromatic carbocycles. The summed E-state index contributed by atoms with van der Waals surface area (Å²) in [5.41, 5.74) is 7.98. The minimum atomic E-state index is 0.0558. The number of anilines is 1. The number of nitrogens with zero attached hydrogens (tertiary/aromatic N) is 2. The average Bonchev–Trinajstić information content (AvgIpc) is 2.92. The summed E-state index contributed by atoms with van der Waals surface area (Å²) in [5, 5.41) is 0. The zero-order valence-corrected chi connectivity index (χ0v) is 11.6. The molecule has 0 amide bonds. The Hall–Kier alpha value is -1.88. The summed E-state index contributed by atoms with van der Waals surface area (Å²) >= 11 is 0. The fraction of sp³-hybridized carbons (Fsp3) is 0.467. The van der Waals surface area contributed by atoms with E-state index in [1.165, 1.54) is 0 Å². The van der Waals surface area contributed by atoms with Crippen LogP contribution in [-0.2, 0) is 4.74 Å². The highest BCUT2D eigenvalue weighted by molar-refractivity contribution is 5.95. The van der Waals surface area contributed by atoms with Crippen LogP contribution >= 0.6 is 0 Å². The molecule has 0 unspecified atom stereocenters. The van der Waals surface area contributed by atoms with E-state index in [1.807, 2.05) is 12.1 Å². The molecule has 0 bridgehead atoms. The first kappa shape index (κ1) is 13.1. The first-order valence-corrected chi connectivity index (χ1v) is 6.99. The first-order chi connectivity index (χ1) is 9.70. The van der Waals surface area contributed by atoms with Crippen LogP contribution in [0.2, 0.25) is 0 Å². The molecule has 5 heteroatoms. The summed E-state index contributed by atoms with van der Waals surface area (Å²) in [7, 11) is 1.74. The Kier molecular flexibility index (Phi) is 3.44. The van der Waals surface area contributed by atoms with Crippen LogP contribution in [0.15, 0.2) is 24.5 Å². The van der Waals surface area contributed by atoms with Gasteiger partial charge in [-0.25, -0.2) is 4.98 Å². The van der Waals surface area contributed by atoms with Gasteiger partial charge in [0.25, 0.3) is 0 Å². The minimum absolute atomic E-state index is 0.0558. The second kappa shape index (κ2) is 5.25. The summed E-state index contributed by atoms with van der Waals surface area (Å²) in [6.07, 6.45) is 5.53. The summed E-state index contributed by atoms with van der Waals surface area (Å²) in [5.74, 6) is 0.174. The number of hydrogen-bond donors (Lipinski definition) is 1. The Morgan fingerprint density at radius 2 is 2.10 bits per heavy atom. The van der Waals surface area contributed by atoms with E-state index in [2.05, 4.69) is 4.98 Å². The minimum Gasteiger partial charge on any atom is -0.397 e. The maximum atomic E-state index is 12.6. The van der Waals surface area contributed by atoms with Gasteiger partial charge >= 0.3 is 0 Å². The predicted molar refractivity (Wildman–Crippen MR) is 77.5 cm³/mol. The SMILES string of the molecule is COC1CCC(C(=O)n2cnc3c(N)cccc32)CC1. The van der Waals surface area contributed by atoms with Crippen molar-refractivity contribution in [2.75, 3.05) is 12.8 Å². The molecule has 0 saturated heterocycles. The average molecular weight is 273 g/mol. The van der Waals surface area contributed by atoms with Crippen molar-refractivity contribution in [3.05, 3.63) is 24.5 Å². The third-order valence-corrected chi connectivity index (χ3v) is 4.20. The van der Waals surface area contributed by atoms with Crippen LogP contribution in [0.5, 0.6) is 0 Å². The number of ether oxygens (including phenoxy) is 1. The monoisotopic (exact) mass is 273 g/mol. The lowest BCUT2D eigenvalue weighted by Gasteiger charge is -2.26. The third kappa shape index (κ3) is 2.18. The fourth-order valence-corrected chi connectivity index (χ4v) is 2.98. The van der Waals surface area contributed by atoms with Crippen molar-refractivity contribution in [1.29, 1.82) is 0 Å². The quantitative estimate of drug-likeness (QED) is 0.853. The zero-order valence-electron chi connectivity index (χ0n) is 11.6. The number of carbonyl (C=O) groups is 1. The van der Waals surface area contributed by atoms with E-state index in [0.717, 1.165) is 31.2 Å². The Morgan fingerprint density at radius 3 is 2.80 bits per heavy atom.